The van der Waals surface area contributed by atoms with Crippen molar-refractivity contribution in [2.45, 2.75) is 64.5 Å². The van der Waals surface area contributed by atoms with Crippen molar-refractivity contribution in [1.82, 2.24) is 5.32 Å². The van der Waals surface area contributed by atoms with Crippen LogP contribution in [0.4, 0.5) is 0 Å². The molecule has 1 amide bonds. The van der Waals surface area contributed by atoms with E-state index in [2.05, 4.69) is 12.2 Å². The minimum absolute atomic E-state index is 0.130. The summed E-state index contributed by atoms with van der Waals surface area (Å²) in [5, 5.41) is 21.6. The molecule has 18 heavy (non-hydrogen) atoms. The first-order chi connectivity index (χ1) is 8.65. The van der Waals surface area contributed by atoms with Crippen LogP contribution in [0.2, 0.25) is 0 Å². The molecule has 0 aliphatic carbocycles. The average molecular weight is 257 g/mol. The molecule has 0 aromatic heterocycles. The van der Waals surface area contributed by atoms with Gasteiger partial charge in [-0.05, 0) is 19.3 Å². The summed E-state index contributed by atoms with van der Waals surface area (Å²) >= 11 is 0. The Morgan fingerprint density at radius 1 is 1.28 bits per heavy atom. The van der Waals surface area contributed by atoms with Gasteiger partial charge in [-0.25, -0.2) is 0 Å². The smallest absolute Gasteiger partial charge is 0.220 e. The highest BCUT2D eigenvalue weighted by Crippen LogP contribution is 2.02. The van der Waals surface area contributed by atoms with Gasteiger partial charge in [0.15, 0.2) is 0 Å². The highest BCUT2D eigenvalue weighted by atomic mass is 16.3. The van der Waals surface area contributed by atoms with Crippen LogP contribution in [0.3, 0.4) is 0 Å². The summed E-state index contributed by atoms with van der Waals surface area (Å²) < 4.78 is 0. The van der Waals surface area contributed by atoms with Crippen molar-refractivity contribution < 1.29 is 15.0 Å². The van der Waals surface area contributed by atoms with Crippen molar-refractivity contribution in [1.29, 1.82) is 0 Å². The van der Waals surface area contributed by atoms with Crippen LogP contribution in [0.5, 0.6) is 0 Å². The van der Waals surface area contributed by atoms with Crippen molar-refractivity contribution in [2.24, 2.45) is 0 Å². The minimum atomic E-state index is -0.822. The molecule has 0 rings (SSSR count). The Balaban J connectivity index is 4.01. The van der Waals surface area contributed by atoms with Crippen LogP contribution >= 0.6 is 0 Å². The van der Waals surface area contributed by atoms with E-state index >= 15 is 0 Å². The lowest BCUT2D eigenvalue weighted by Gasteiger charge is -2.19. The van der Waals surface area contributed by atoms with Crippen molar-refractivity contribution in [2.75, 3.05) is 6.61 Å². The number of hydrogen-bond donors (Lipinski definition) is 3. The van der Waals surface area contributed by atoms with E-state index in [1.54, 1.807) is 6.08 Å². The van der Waals surface area contributed by atoms with E-state index in [4.69, 9.17) is 5.11 Å². The second-order valence-corrected chi connectivity index (χ2v) is 4.52. The Hall–Kier alpha value is -0.870. The number of rotatable bonds is 10. The van der Waals surface area contributed by atoms with Gasteiger partial charge in [0, 0.05) is 6.42 Å². The zero-order valence-electron chi connectivity index (χ0n) is 11.6. The summed E-state index contributed by atoms with van der Waals surface area (Å²) in [7, 11) is 0. The molecule has 1 unspecified atom stereocenters. The van der Waals surface area contributed by atoms with Gasteiger partial charge in [0.2, 0.25) is 5.91 Å². The van der Waals surface area contributed by atoms with Crippen LogP contribution in [-0.4, -0.2) is 34.9 Å². The fourth-order valence-corrected chi connectivity index (χ4v) is 1.63. The summed E-state index contributed by atoms with van der Waals surface area (Å²) in [5.41, 5.74) is 0. The summed E-state index contributed by atoms with van der Waals surface area (Å²) in [4.78, 5) is 11.4. The Morgan fingerprint density at radius 3 is 2.56 bits per heavy atom. The van der Waals surface area contributed by atoms with Crippen LogP contribution in [0.25, 0.3) is 0 Å². The highest BCUT2D eigenvalue weighted by Gasteiger charge is 2.17. The standard InChI is InChI=1S/C14H27NO3/c1-3-5-6-7-8-10-13(17)12(11-16)15-14(18)9-4-2/h8,10,12-13,16-17H,3-7,9,11H2,1-2H3,(H,15,18)/b10-8+/t12-,13?/m0/s1. The molecule has 106 valence electrons. The zero-order chi connectivity index (χ0) is 13.8. The summed E-state index contributed by atoms with van der Waals surface area (Å²) in [6, 6.07) is -0.605. The van der Waals surface area contributed by atoms with Gasteiger partial charge < -0.3 is 15.5 Å². The molecule has 4 nitrogen and oxygen atoms in total. The van der Waals surface area contributed by atoms with E-state index in [1.165, 1.54) is 12.8 Å². The lowest BCUT2D eigenvalue weighted by Crippen LogP contribution is -2.45. The third-order valence-corrected chi connectivity index (χ3v) is 2.74. The van der Waals surface area contributed by atoms with Gasteiger partial charge in [-0.1, -0.05) is 38.8 Å². The topological polar surface area (TPSA) is 69.6 Å². The molecule has 0 saturated carbocycles. The molecule has 0 bridgehead atoms. The number of carbonyl (C=O) groups excluding carboxylic acids is 1. The lowest BCUT2D eigenvalue weighted by molar-refractivity contribution is -0.122. The Bertz CT molecular complexity index is 241. The molecule has 0 spiro atoms. The average Bonchev–Trinajstić information content (AvgIpc) is 2.35. The number of aliphatic hydroxyl groups excluding tert-OH is 2. The zero-order valence-corrected chi connectivity index (χ0v) is 11.6. The molecule has 0 saturated heterocycles. The first kappa shape index (κ1) is 17.1. The van der Waals surface area contributed by atoms with E-state index in [1.807, 2.05) is 13.0 Å². The van der Waals surface area contributed by atoms with E-state index in [9.17, 15) is 9.90 Å². The van der Waals surface area contributed by atoms with Crippen molar-refractivity contribution in [3.63, 3.8) is 0 Å². The predicted molar refractivity (Wildman–Crippen MR) is 73.2 cm³/mol. The summed E-state index contributed by atoms with van der Waals surface area (Å²) in [5.74, 6) is -0.130. The number of allylic oxidation sites excluding steroid dienone is 1. The predicted octanol–water partition coefficient (Wildman–Crippen LogP) is 1.76. The molecule has 0 aliphatic rings. The molecule has 0 fully saturated rings. The number of aliphatic hydroxyl groups is 2. The normalized spacial score (nSPS) is 14.7. The SMILES string of the molecule is CCCCC/C=C/C(O)[C@H](CO)NC(=O)CCC. The van der Waals surface area contributed by atoms with Crippen LogP contribution in [-0.2, 0) is 4.79 Å². The largest absolute Gasteiger partial charge is 0.394 e. The van der Waals surface area contributed by atoms with Crippen LogP contribution in [0.15, 0.2) is 12.2 Å². The van der Waals surface area contributed by atoms with E-state index < -0.39 is 12.1 Å². The Labute approximate surface area is 110 Å². The molecule has 3 N–H and O–H groups in total. The second-order valence-electron chi connectivity index (χ2n) is 4.52. The van der Waals surface area contributed by atoms with Crippen molar-refractivity contribution in [3.8, 4) is 0 Å². The molecular formula is C14H27NO3. The van der Waals surface area contributed by atoms with Gasteiger partial charge in [-0.3, -0.25) is 4.79 Å². The number of carbonyl (C=O) groups is 1. The fraction of sp³-hybridized carbons (Fsp3) is 0.786. The van der Waals surface area contributed by atoms with Crippen LogP contribution in [0.1, 0.15) is 52.4 Å². The maximum atomic E-state index is 11.4. The second kappa shape index (κ2) is 11.2. The molecule has 4 heteroatoms. The Kier molecular flexibility index (Phi) is 10.7. The number of unbranched alkanes of at least 4 members (excludes halogenated alkanes) is 3. The molecular weight excluding hydrogens is 230 g/mol. The molecule has 0 aromatic carbocycles. The molecule has 0 heterocycles. The number of nitrogens with one attached hydrogen (secondary N) is 1. The van der Waals surface area contributed by atoms with E-state index in [0.29, 0.717) is 6.42 Å². The van der Waals surface area contributed by atoms with Crippen molar-refractivity contribution >= 4 is 5.91 Å². The third kappa shape index (κ3) is 8.25. The maximum absolute atomic E-state index is 11.4. The third-order valence-electron chi connectivity index (χ3n) is 2.74. The monoisotopic (exact) mass is 257 g/mol. The first-order valence-electron chi connectivity index (χ1n) is 6.90. The molecule has 0 aromatic rings. The van der Waals surface area contributed by atoms with Gasteiger partial charge >= 0.3 is 0 Å². The van der Waals surface area contributed by atoms with Gasteiger partial charge in [0.1, 0.15) is 0 Å². The molecule has 0 radical (unpaired) electrons. The summed E-state index contributed by atoms with van der Waals surface area (Å²) in [6.07, 6.45) is 8.29. The van der Waals surface area contributed by atoms with Gasteiger partial charge in [-0.2, -0.15) is 0 Å². The molecule has 0 aliphatic heterocycles. The number of amides is 1. The first-order valence-corrected chi connectivity index (χ1v) is 6.90. The number of hydrogen-bond acceptors (Lipinski definition) is 3. The molecule has 2 atom stereocenters. The van der Waals surface area contributed by atoms with Gasteiger partial charge in [0.05, 0.1) is 18.8 Å². The van der Waals surface area contributed by atoms with E-state index in [0.717, 1.165) is 19.3 Å². The lowest BCUT2D eigenvalue weighted by atomic mass is 10.1. The van der Waals surface area contributed by atoms with Gasteiger partial charge in [0.25, 0.3) is 0 Å². The van der Waals surface area contributed by atoms with Crippen LogP contribution in [0, 0.1) is 0 Å². The quantitative estimate of drug-likeness (QED) is 0.412. The highest BCUT2D eigenvalue weighted by molar-refractivity contribution is 5.76. The Morgan fingerprint density at radius 2 is 2.00 bits per heavy atom. The minimum Gasteiger partial charge on any atom is -0.394 e. The van der Waals surface area contributed by atoms with Crippen LogP contribution < -0.4 is 5.32 Å². The van der Waals surface area contributed by atoms with Gasteiger partial charge in [-0.15, -0.1) is 0 Å². The van der Waals surface area contributed by atoms with Crippen molar-refractivity contribution in [3.05, 3.63) is 12.2 Å². The summed E-state index contributed by atoms with van der Waals surface area (Å²) in [6.45, 7) is 3.80. The van der Waals surface area contributed by atoms with E-state index in [-0.39, 0.29) is 12.5 Å². The fourth-order valence-electron chi connectivity index (χ4n) is 1.63. The maximum Gasteiger partial charge on any atom is 0.220 e.